The zero-order chi connectivity index (χ0) is 17.9. The molecule has 7 heteroatoms. The molecule has 0 unspecified atom stereocenters. The highest BCUT2D eigenvalue weighted by Crippen LogP contribution is 2.26. The molecule has 1 aliphatic heterocycles. The molecule has 4 nitrogen and oxygen atoms in total. The molecule has 0 aromatic heterocycles. The summed E-state index contributed by atoms with van der Waals surface area (Å²) in [6.07, 6.45) is 1.36. The molecule has 0 aliphatic carbocycles. The number of rotatable bonds is 5. The molecule has 0 amide bonds. The summed E-state index contributed by atoms with van der Waals surface area (Å²) in [4.78, 5) is 0.248. The van der Waals surface area contributed by atoms with Gasteiger partial charge in [0.25, 0.3) is 0 Å². The molecule has 25 heavy (non-hydrogen) atoms. The SMILES string of the molecule is O=S(=O)(c1ccc(Cl)cc1)N1CCC(COc2ccccc2F)CC1. The molecule has 2 aromatic rings. The molecular weight excluding hydrogens is 365 g/mol. The standard InChI is InChI=1S/C18H19ClFNO3S/c19-15-5-7-16(8-6-15)25(22,23)21-11-9-14(10-12-21)13-24-18-4-2-1-3-17(18)20/h1-8,14H,9-13H2. The molecule has 1 aliphatic rings. The zero-order valence-corrected chi connectivity index (χ0v) is 15.1. The Morgan fingerprint density at radius 3 is 2.36 bits per heavy atom. The van der Waals surface area contributed by atoms with Gasteiger partial charge in [-0.15, -0.1) is 0 Å². The van der Waals surface area contributed by atoms with Gasteiger partial charge >= 0.3 is 0 Å². The lowest BCUT2D eigenvalue weighted by molar-refractivity contribution is 0.181. The topological polar surface area (TPSA) is 46.6 Å². The van der Waals surface area contributed by atoms with Gasteiger partial charge in [-0.3, -0.25) is 0 Å². The predicted molar refractivity (Wildman–Crippen MR) is 94.8 cm³/mol. The number of para-hydroxylation sites is 1. The van der Waals surface area contributed by atoms with Gasteiger partial charge in [-0.25, -0.2) is 12.8 Å². The number of ether oxygens (including phenoxy) is 1. The fourth-order valence-electron chi connectivity index (χ4n) is 2.84. The van der Waals surface area contributed by atoms with Crippen LogP contribution in [0, 0.1) is 11.7 Å². The summed E-state index contributed by atoms with van der Waals surface area (Å²) in [7, 11) is -3.50. The summed E-state index contributed by atoms with van der Waals surface area (Å²) in [6.45, 7) is 1.24. The number of benzene rings is 2. The maximum Gasteiger partial charge on any atom is 0.243 e. The van der Waals surface area contributed by atoms with E-state index in [1.54, 1.807) is 30.3 Å². The van der Waals surface area contributed by atoms with Crippen molar-refractivity contribution in [3.05, 3.63) is 59.4 Å². The fourth-order valence-corrected chi connectivity index (χ4v) is 4.44. The molecular formula is C18H19ClFNO3S. The van der Waals surface area contributed by atoms with E-state index in [1.807, 2.05) is 0 Å². The Morgan fingerprint density at radius 2 is 1.72 bits per heavy atom. The van der Waals surface area contributed by atoms with Crippen LogP contribution in [0.4, 0.5) is 4.39 Å². The number of halogens is 2. The summed E-state index contributed by atoms with van der Waals surface area (Å²) in [6, 6.07) is 12.5. The fraction of sp³-hybridized carbons (Fsp3) is 0.333. The summed E-state index contributed by atoms with van der Waals surface area (Å²) < 4.78 is 45.8. The predicted octanol–water partition coefficient (Wildman–Crippen LogP) is 3.96. The molecule has 0 radical (unpaired) electrons. The highest BCUT2D eigenvalue weighted by atomic mass is 35.5. The first-order valence-corrected chi connectivity index (χ1v) is 9.91. The molecule has 134 valence electrons. The van der Waals surface area contributed by atoms with Crippen molar-refractivity contribution in [2.24, 2.45) is 5.92 Å². The third kappa shape index (κ3) is 4.32. The Labute approximate surface area is 152 Å². The van der Waals surface area contributed by atoms with Crippen molar-refractivity contribution >= 4 is 21.6 Å². The van der Waals surface area contributed by atoms with Crippen molar-refractivity contribution in [1.29, 1.82) is 0 Å². The smallest absolute Gasteiger partial charge is 0.243 e. The van der Waals surface area contributed by atoms with Gasteiger partial charge in [0, 0.05) is 18.1 Å². The molecule has 0 saturated carbocycles. The van der Waals surface area contributed by atoms with E-state index in [-0.39, 0.29) is 22.4 Å². The van der Waals surface area contributed by atoms with E-state index in [0.29, 0.717) is 37.6 Å². The van der Waals surface area contributed by atoms with Gasteiger partial charge in [0.15, 0.2) is 11.6 Å². The number of nitrogens with zero attached hydrogens (tertiary/aromatic N) is 1. The monoisotopic (exact) mass is 383 g/mol. The highest BCUT2D eigenvalue weighted by Gasteiger charge is 2.29. The second kappa shape index (κ2) is 7.72. The van der Waals surface area contributed by atoms with Crippen LogP contribution >= 0.6 is 11.6 Å². The normalized spacial score (nSPS) is 16.7. The van der Waals surface area contributed by atoms with Gasteiger partial charge in [0.05, 0.1) is 11.5 Å². The summed E-state index contributed by atoms with van der Waals surface area (Å²) >= 11 is 5.81. The lowest BCUT2D eigenvalue weighted by Gasteiger charge is -2.31. The lowest BCUT2D eigenvalue weighted by Crippen LogP contribution is -2.39. The average molecular weight is 384 g/mol. The van der Waals surface area contributed by atoms with Crippen LogP contribution in [-0.2, 0) is 10.0 Å². The van der Waals surface area contributed by atoms with Crippen molar-refractivity contribution in [3.8, 4) is 5.75 Å². The van der Waals surface area contributed by atoms with Gasteiger partial charge in [0.2, 0.25) is 10.0 Å². The summed E-state index contributed by atoms with van der Waals surface area (Å²) in [5.74, 6) is 0.0558. The van der Waals surface area contributed by atoms with E-state index in [0.717, 1.165) is 0 Å². The Hall–Kier alpha value is -1.63. The first-order chi connectivity index (χ1) is 12.0. The van der Waals surface area contributed by atoms with Gasteiger partial charge in [-0.1, -0.05) is 23.7 Å². The first kappa shape index (κ1) is 18.2. The van der Waals surface area contributed by atoms with Crippen LogP contribution in [0.15, 0.2) is 53.4 Å². The van der Waals surface area contributed by atoms with Gasteiger partial charge in [-0.05, 0) is 55.2 Å². The molecule has 1 fully saturated rings. The first-order valence-electron chi connectivity index (χ1n) is 8.10. The maximum absolute atomic E-state index is 13.6. The van der Waals surface area contributed by atoms with Crippen LogP contribution in [0.5, 0.6) is 5.75 Å². The van der Waals surface area contributed by atoms with Gasteiger partial charge < -0.3 is 4.74 Å². The van der Waals surface area contributed by atoms with E-state index in [9.17, 15) is 12.8 Å². The second-order valence-corrected chi connectivity index (χ2v) is 8.42. The minimum absolute atomic E-state index is 0.205. The average Bonchev–Trinajstić information content (AvgIpc) is 2.62. The van der Waals surface area contributed by atoms with Crippen LogP contribution in [0.1, 0.15) is 12.8 Å². The van der Waals surface area contributed by atoms with E-state index >= 15 is 0 Å². The molecule has 2 aromatic carbocycles. The Balaban J connectivity index is 1.56. The molecule has 0 spiro atoms. The Kier molecular flexibility index (Phi) is 5.61. The quantitative estimate of drug-likeness (QED) is 0.785. The highest BCUT2D eigenvalue weighted by molar-refractivity contribution is 7.89. The minimum atomic E-state index is -3.50. The molecule has 0 N–H and O–H groups in total. The van der Waals surface area contributed by atoms with E-state index < -0.39 is 10.0 Å². The Bertz CT molecular complexity index is 818. The van der Waals surface area contributed by atoms with Crippen molar-refractivity contribution in [1.82, 2.24) is 4.31 Å². The zero-order valence-electron chi connectivity index (χ0n) is 13.6. The summed E-state index contributed by atoms with van der Waals surface area (Å²) in [5.41, 5.74) is 0. The minimum Gasteiger partial charge on any atom is -0.490 e. The van der Waals surface area contributed by atoms with Gasteiger partial charge in [-0.2, -0.15) is 4.31 Å². The molecule has 0 bridgehead atoms. The van der Waals surface area contributed by atoms with Crippen LogP contribution in [0.25, 0.3) is 0 Å². The maximum atomic E-state index is 13.6. The molecule has 0 atom stereocenters. The third-order valence-electron chi connectivity index (χ3n) is 4.34. The number of hydrogen-bond donors (Lipinski definition) is 0. The lowest BCUT2D eigenvalue weighted by atomic mass is 9.99. The molecule has 3 rings (SSSR count). The van der Waals surface area contributed by atoms with Crippen LogP contribution in [0.3, 0.4) is 0 Å². The van der Waals surface area contributed by atoms with E-state index in [4.69, 9.17) is 16.3 Å². The molecule has 1 heterocycles. The largest absolute Gasteiger partial charge is 0.490 e. The third-order valence-corrected chi connectivity index (χ3v) is 6.50. The van der Waals surface area contributed by atoms with Crippen LogP contribution < -0.4 is 4.74 Å². The van der Waals surface area contributed by atoms with Crippen LogP contribution in [0.2, 0.25) is 5.02 Å². The van der Waals surface area contributed by atoms with Crippen molar-refractivity contribution < 1.29 is 17.5 Å². The number of piperidine rings is 1. The van der Waals surface area contributed by atoms with Crippen LogP contribution in [-0.4, -0.2) is 32.4 Å². The molecule has 1 saturated heterocycles. The van der Waals surface area contributed by atoms with Crippen molar-refractivity contribution in [3.63, 3.8) is 0 Å². The summed E-state index contributed by atoms with van der Waals surface area (Å²) in [5, 5.41) is 0.503. The number of sulfonamides is 1. The second-order valence-electron chi connectivity index (χ2n) is 6.04. The van der Waals surface area contributed by atoms with Gasteiger partial charge in [0.1, 0.15) is 0 Å². The Morgan fingerprint density at radius 1 is 1.08 bits per heavy atom. The number of hydrogen-bond acceptors (Lipinski definition) is 3. The van der Waals surface area contributed by atoms with Crippen molar-refractivity contribution in [2.75, 3.05) is 19.7 Å². The van der Waals surface area contributed by atoms with E-state index in [2.05, 4.69) is 0 Å². The van der Waals surface area contributed by atoms with Crippen molar-refractivity contribution in [2.45, 2.75) is 17.7 Å². The van der Waals surface area contributed by atoms with E-state index in [1.165, 1.54) is 22.5 Å².